The molecule has 0 N–H and O–H groups in total. The van der Waals surface area contributed by atoms with Gasteiger partial charge in [-0.15, -0.1) is 10.2 Å². The SMILES string of the molecule is CC(C)(C)OC(=O)N1CCC(c2nnc(/C(=C\c3ccccc3)O[Si](C)(C)C(C)(C)C)o2)CC1. The summed E-state index contributed by atoms with van der Waals surface area (Å²) in [6, 6.07) is 10.0. The van der Waals surface area contributed by atoms with Crippen molar-refractivity contribution in [3.8, 4) is 0 Å². The largest absolute Gasteiger partial charge is 0.540 e. The predicted molar refractivity (Wildman–Crippen MR) is 137 cm³/mol. The standard InChI is InChI=1S/C26H39N3O4Si/c1-25(2,3)32-24(30)29-16-14-20(15-17-29)22-27-28-23(31-22)21(18-19-12-10-9-11-13-19)33-34(7,8)26(4,5)6/h9-13,18,20H,14-17H2,1-8H3/b21-18+. The first-order chi connectivity index (χ1) is 15.7. The van der Waals surface area contributed by atoms with Gasteiger partial charge in [0.25, 0.3) is 14.2 Å². The Labute approximate surface area is 204 Å². The summed E-state index contributed by atoms with van der Waals surface area (Å²) in [5.74, 6) is 1.71. The van der Waals surface area contributed by atoms with Crippen LogP contribution in [0, 0.1) is 0 Å². The fourth-order valence-electron chi connectivity index (χ4n) is 3.40. The zero-order valence-electron chi connectivity index (χ0n) is 21.8. The van der Waals surface area contributed by atoms with Gasteiger partial charge in [0.15, 0.2) is 5.76 Å². The van der Waals surface area contributed by atoms with Crippen LogP contribution < -0.4 is 0 Å². The summed E-state index contributed by atoms with van der Waals surface area (Å²) in [5, 5.41) is 8.76. The summed E-state index contributed by atoms with van der Waals surface area (Å²) in [4.78, 5) is 14.1. The van der Waals surface area contributed by atoms with Crippen molar-refractivity contribution in [2.45, 2.75) is 84.0 Å². The lowest BCUT2D eigenvalue weighted by molar-refractivity contribution is 0.0199. The maximum absolute atomic E-state index is 12.4. The predicted octanol–water partition coefficient (Wildman–Crippen LogP) is 6.70. The number of hydrogen-bond donors (Lipinski definition) is 0. The minimum atomic E-state index is -2.13. The molecule has 0 spiro atoms. The highest BCUT2D eigenvalue weighted by atomic mass is 28.4. The van der Waals surface area contributed by atoms with Gasteiger partial charge < -0.3 is 18.5 Å². The highest BCUT2D eigenvalue weighted by molar-refractivity contribution is 6.74. The maximum atomic E-state index is 12.4. The summed E-state index contributed by atoms with van der Waals surface area (Å²) < 4.78 is 18.3. The zero-order valence-corrected chi connectivity index (χ0v) is 22.8. The number of likely N-dealkylation sites (tertiary alicyclic amines) is 1. The van der Waals surface area contributed by atoms with Crippen molar-refractivity contribution in [3.63, 3.8) is 0 Å². The number of hydrogen-bond acceptors (Lipinski definition) is 6. The Hall–Kier alpha value is -2.61. The van der Waals surface area contributed by atoms with Crippen molar-refractivity contribution < 1.29 is 18.4 Å². The Morgan fingerprint density at radius 3 is 2.24 bits per heavy atom. The van der Waals surface area contributed by atoms with E-state index in [-0.39, 0.29) is 17.0 Å². The smallest absolute Gasteiger partial charge is 0.410 e. The van der Waals surface area contributed by atoms with Gasteiger partial charge in [-0.25, -0.2) is 4.79 Å². The van der Waals surface area contributed by atoms with E-state index in [0.29, 0.717) is 30.6 Å². The minimum Gasteiger partial charge on any atom is -0.540 e. The average molecular weight is 486 g/mol. The third-order valence-corrected chi connectivity index (χ3v) is 10.8. The molecule has 7 nitrogen and oxygen atoms in total. The molecular formula is C26H39N3O4Si. The van der Waals surface area contributed by atoms with E-state index in [0.717, 1.165) is 18.4 Å². The highest BCUT2D eigenvalue weighted by Gasteiger charge is 2.40. The van der Waals surface area contributed by atoms with Crippen molar-refractivity contribution >= 4 is 26.2 Å². The van der Waals surface area contributed by atoms with Crippen molar-refractivity contribution in [2.75, 3.05) is 13.1 Å². The van der Waals surface area contributed by atoms with Crippen molar-refractivity contribution in [3.05, 3.63) is 47.7 Å². The van der Waals surface area contributed by atoms with Gasteiger partial charge in [-0.3, -0.25) is 0 Å². The molecule has 34 heavy (non-hydrogen) atoms. The molecule has 0 radical (unpaired) electrons. The fourth-order valence-corrected chi connectivity index (χ4v) is 4.40. The van der Waals surface area contributed by atoms with Gasteiger partial charge in [0.05, 0.1) is 0 Å². The summed E-state index contributed by atoms with van der Waals surface area (Å²) in [7, 11) is -2.13. The van der Waals surface area contributed by atoms with Gasteiger partial charge in [-0.05, 0) is 63.4 Å². The second-order valence-electron chi connectivity index (χ2n) is 11.5. The van der Waals surface area contributed by atoms with E-state index in [1.54, 1.807) is 4.90 Å². The first kappa shape index (κ1) is 26.0. The molecule has 2 heterocycles. The number of aromatic nitrogens is 2. The van der Waals surface area contributed by atoms with E-state index < -0.39 is 13.9 Å². The van der Waals surface area contributed by atoms with Crippen LogP contribution in [-0.2, 0) is 9.16 Å². The first-order valence-corrected chi connectivity index (χ1v) is 14.9. The van der Waals surface area contributed by atoms with Crippen molar-refractivity contribution in [1.29, 1.82) is 0 Å². The number of ether oxygens (including phenoxy) is 1. The normalized spacial score (nSPS) is 16.5. The van der Waals surface area contributed by atoms with Crippen LogP contribution in [0.3, 0.4) is 0 Å². The highest BCUT2D eigenvalue weighted by Crippen LogP contribution is 2.40. The fraction of sp³-hybridized carbons (Fsp3) is 0.577. The molecule has 1 saturated heterocycles. The second-order valence-corrected chi connectivity index (χ2v) is 16.2. The topological polar surface area (TPSA) is 77.7 Å². The Bertz CT molecular complexity index is 995. The Balaban J connectivity index is 1.77. The van der Waals surface area contributed by atoms with E-state index in [1.165, 1.54) is 0 Å². The van der Waals surface area contributed by atoms with Gasteiger partial charge in [0, 0.05) is 19.0 Å². The molecule has 1 aliphatic rings. The lowest BCUT2D eigenvalue weighted by atomic mass is 9.97. The molecule has 1 aromatic heterocycles. The van der Waals surface area contributed by atoms with Gasteiger partial charge in [0.1, 0.15) is 5.60 Å². The summed E-state index contributed by atoms with van der Waals surface area (Å²) in [5.41, 5.74) is 0.516. The van der Waals surface area contributed by atoms with Crippen LogP contribution >= 0.6 is 0 Å². The quantitative estimate of drug-likeness (QED) is 0.346. The zero-order chi connectivity index (χ0) is 25.1. The summed E-state index contributed by atoms with van der Waals surface area (Å²) >= 11 is 0. The molecule has 1 aliphatic heterocycles. The van der Waals surface area contributed by atoms with Gasteiger partial charge in [-0.2, -0.15) is 0 Å². The molecule has 1 amide bonds. The number of rotatable bonds is 5. The van der Waals surface area contributed by atoms with Gasteiger partial charge >= 0.3 is 6.09 Å². The van der Waals surface area contributed by atoms with Crippen LogP contribution in [0.15, 0.2) is 34.7 Å². The van der Waals surface area contributed by atoms with E-state index >= 15 is 0 Å². The van der Waals surface area contributed by atoms with E-state index in [2.05, 4.69) is 44.1 Å². The molecule has 1 fully saturated rings. The summed E-state index contributed by atoms with van der Waals surface area (Å²) in [6.07, 6.45) is 3.21. The van der Waals surface area contributed by atoms with Crippen LogP contribution in [0.2, 0.25) is 18.1 Å². The average Bonchev–Trinajstić information content (AvgIpc) is 3.22. The van der Waals surface area contributed by atoms with Crippen LogP contribution in [0.1, 0.15) is 77.6 Å². The number of carbonyl (C=O) groups is 1. The first-order valence-electron chi connectivity index (χ1n) is 12.0. The van der Waals surface area contributed by atoms with Crippen molar-refractivity contribution in [1.82, 2.24) is 15.1 Å². The maximum Gasteiger partial charge on any atom is 0.410 e. The number of benzene rings is 1. The third kappa shape index (κ3) is 6.71. The van der Waals surface area contributed by atoms with Gasteiger partial charge in [0.2, 0.25) is 5.89 Å². The van der Waals surface area contributed by atoms with E-state index in [1.807, 2.05) is 57.2 Å². The summed E-state index contributed by atoms with van der Waals surface area (Å²) in [6.45, 7) is 17.9. The molecule has 0 bridgehead atoms. The molecule has 2 aromatic rings. The molecule has 0 atom stereocenters. The minimum absolute atomic E-state index is 0.0279. The van der Waals surface area contributed by atoms with Crippen LogP contribution in [0.25, 0.3) is 11.8 Å². The van der Waals surface area contributed by atoms with Crippen molar-refractivity contribution in [2.24, 2.45) is 0 Å². The monoisotopic (exact) mass is 485 g/mol. The Kier molecular flexibility index (Phi) is 7.60. The molecule has 186 valence electrons. The molecule has 0 saturated carbocycles. The van der Waals surface area contributed by atoms with Crippen LogP contribution in [-0.4, -0.2) is 48.2 Å². The Morgan fingerprint density at radius 1 is 1.06 bits per heavy atom. The van der Waals surface area contributed by atoms with Gasteiger partial charge in [-0.1, -0.05) is 51.1 Å². The Morgan fingerprint density at radius 2 is 1.68 bits per heavy atom. The second kappa shape index (κ2) is 9.94. The van der Waals surface area contributed by atoms with E-state index in [9.17, 15) is 4.79 Å². The molecule has 0 unspecified atom stereocenters. The number of piperidine rings is 1. The molecular weight excluding hydrogens is 446 g/mol. The number of carbonyl (C=O) groups excluding carboxylic acids is 1. The molecule has 3 rings (SSSR count). The molecule has 0 aliphatic carbocycles. The van der Waals surface area contributed by atoms with Crippen LogP contribution in [0.5, 0.6) is 0 Å². The lowest BCUT2D eigenvalue weighted by Crippen LogP contribution is -2.41. The number of amides is 1. The number of nitrogens with zero attached hydrogens (tertiary/aromatic N) is 3. The van der Waals surface area contributed by atoms with Crippen LogP contribution in [0.4, 0.5) is 4.79 Å². The van der Waals surface area contributed by atoms with E-state index in [4.69, 9.17) is 13.6 Å². The molecule has 8 heteroatoms. The molecule has 1 aromatic carbocycles. The lowest BCUT2D eigenvalue weighted by Gasteiger charge is -2.36. The third-order valence-electron chi connectivity index (χ3n) is 6.42.